The van der Waals surface area contributed by atoms with Crippen molar-refractivity contribution in [3.8, 4) is 0 Å². The maximum atomic E-state index is 9.56. The molecule has 0 amide bonds. The van der Waals surface area contributed by atoms with Gasteiger partial charge in [-0.1, -0.05) is 29.8 Å². The topological polar surface area (TPSA) is 23.5 Å². The van der Waals surface area contributed by atoms with E-state index in [2.05, 4.69) is 35.4 Å². The largest absolute Gasteiger partial charge is 0.393 e. The Balaban J connectivity index is 2.04. The lowest BCUT2D eigenvalue weighted by atomic mass is 9.91. The van der Waals surface area contributed by atoms with Crippen molar-refractivity contribution in [1.29, 1.82) is 0 Å². The van der Waals surface area contributed by atoms with E-state index in [1.807, 2.05) is 19.1 Å². The van der Waals surface area contributed by atoms with E-state index >= 15 is 0 Å². The average Bonchev–Trinajstić information content (AvgIpc) is 2.62. The molecular weight excluding hydrogens is 282 g/mol. The number of aliphatic hydroxyl groups is 1. The molecule has 2 aliphatic rings. The first-order valence-electron chi connectivity index (χ1n) is 7.47. The molecular formula is C18H20ClNO. The Hall–Kier alpha value is -1.51. The van der Waals surface area contributed by atoms with Crippen LogP contribution in [0.15, 0.2) is 48.2 Å². The van der Waals surface area contributed by atoms with Crippen molar-refractivity contribution in [2.45, 2.75) is 32.3 Å². The molecule has 1 atom stereocenters. The van der Waals surface area contributed by atoms with E-state index in [1.54, 1.807) is 0 Å². The summed E-state index contributed by atoms with van der Waals surface area (Å²) in [7, 11) is 0. The van der Waals surface area contributed by atoms with Gasteiger partial charge in [0, 0.05) is 29.0 Å². The predicted molar refractivity (Wildman–Crippen MR) is 89.5 cm³/mol. The molecule has 3 heteroatoms. The molecule has 0 bridgehead atoms. The molecule has 1 N–H and O–H groups in total. The summed E-state index contributed by atoms with van der Waals surface area (Å²) in [5.74, 6) is 0. The molecule has 0 saturated heterocycles. The number of hydrogen-bond donors (Lipinski definition) is 1. The van der Waals surface area contributed by atoms with Crippen molar-refractivity contribution in [2.24, 2.45) is 0 Å². The van der Waals surface area contributed by atoms with Crippen molar-refractivity contribution in [2.75, 3.05) is 11.4 Å². The Kier molecular flexibility index (Phi) is 4.18. The molecule has 21 heavy (non-hydrogen) atoms. The van der Waals surface area contributed by atoms with Gasteiger partial charge in [-0.3, -0.25) is 0 Å². The molecule has 1 aliphatic heterocycles. The summed E-state index contributed by atoms with van der Waals surface area (Å²) >= 11 is 6.20. The molecule has 3 rings (SSSR count). The van der Waals surface area contributed by atoms with Gasteiger partial charge in [-0.2, -0.15) is 0 Å². The van der Waals surface area contributed by atoms with Crippen LogP contribution in [0.4, 0.5) is 5.69 Å². The number of fused-ring (bicyclic) bond motifs is 2. The molecule has 1 aromatic rings. The minimum atomic E-state index is -0.299. The maximum absolute atomic E-state index is 9.56. The normalized spacial score (nSPS) is 18.3. The van der Waals surface area contributed by atoms with Gasteiger partial charge in [0.1, 0.15) is 0 Å². The van der Waals surface area contributed by atoms with Gasteiger partial charge in [-0.25, -0.2) is 0 Å². The standard InChI is InChI=1S/C18H20ClNO/c1-13(21)8-10-20-11-9-14-4-2-3-5-16(14)17-7-6-15(19)12-18(17)20/h2,4,6-7,9,11-13,21H,3,5,8,10H2,1H3. The van der Waals surface area contributed by atoms with Crippen LogP contribution in [-0.2, 0) is 0 Å². The lowest BCUT2D eigenvalue weighted by molar-refractivity contribution is 0.187. The van der Waals surface area contributed by atoms with Crippen LogP contribution in [-0.4, -0.2) is 17.8 Å². The highest BCUT2D eigenvalue weighted by molar-refractivity contribution is 6.31. The van der Waals surface area contributed by atoms with Crippen LogP contribution in [0.1, 0.15) is 31.7 Å². The van der Waals surface area contributed by atoms with Gasteiger partial charge >= 0.3 is 0 Å². The molecule has 0 aromatic heterocycles. The number of halogens is 1. The first-order valence-corrected chi connectivity index (χ1v) is 7.85. The van der Waals surface area contributed by atoms with Crippen molar-refractivity contribution in [3.05, 3.63) is 58.8 Å². The summed E-state index contributed by atoms with van der Waals surface area (Å²) in [5.41, 5.74) is 5.07. The Morgan fingerprint density at radius 3 is 3.00 bits per heavy atom. The Bertz CT molecular complexity index is 628. The summed E-state index contributed by atoms with van der Waals surface area (Å²) in [6.07, 6.45) is 11.3. The number of rotatable bonds is 3. The lowest BCUT2D eigenvalue weighted by Gasteiger charge is -2.24. The maximum Gasteiger partial charge on any atom is 0.0529 e. The van der Waals surface area contributed by atoms with Crippen LogP contribution in [0.2, 0.25) is 5.02 Å². The second-order valence-corrected chi connectivity index (χ2v) is 6.12. The average molecular weight is 302 g/mol. The summed E-state index contributed by atoms with van der Waals surface area (Å²) in [6, 6.07) is 6.10. The minimum absolute atomic E-state index is 0.299. The third-order valence-electron chi connectivity index (χ3n) is 4.02. The van der Waals surface area contributed by atoms with Crippen LogP contribution in [0.5, 0.6) is 0 Å². The number of nitrogens with zero attached hydrogens (tertiary/aromatic N) is 1. The van der Waals surface area contributed by atoms with Gasteiger partial charge in [0.05, 0.1) is 6.10 Å². The van der Waals surface area contributed by atoms with E-state index in [4.69, 9.17) is 11.6 Å². The second-order valence-electron chi connectivity index (χ2n) is 5.68. The van der Waals surface area contributed by atoms with Gasteiger partial charge in [0.15, 0.2) is 0 Å². The van der Waals surface area contributed by atoms with Crippen molar-refractivity contribution in [1.82, 2.24) is 0 Å². The molecule has 1 heterocycles. The minimum Gasteiger partial charge on any atom is -0.393 e. The Morgan fingerprint density at radius 2 is 2.19 bits per heavy atom. The predicted octanol–water partition coefficient (Wildman–Crippen LogP) is 4.55. The molecule has 0 saturated carbocycles. The van der Waals surface area contributed by atoms with Gasteiger partial charge in [-0.05, 0) is 55.5 Å². The van der Waals surface area contributed by atoms with Crippen LogP contribution in [0, 0.1) is 0 Å². The molecule has 1 unspecified atom stereocenters. The van der Waals surface area contributed by atoms with E-state index in [0.29, 0.717) is 0 Å². The van der Waals surface area contributed by atoms with Gasteiger partial charge in [0.2, 0.25) is 0 Å². The fraction of sp³-hybridized carbons (Fsp3) is 0.333. The molecule has 0 radical (unpaired) electrons. The van der Waals surface area contributed by atoms with E-state index in [0.717, 1.165) is 36.5 Å². The zero-order valence-electron chi connectivity index (χ0n) is 12.2. The third-order valence-corrected chi connectivity index (χ3v) is 4.26. The van der Waals surface area contributed by atoms with E-state index in [1.165, 1.54) is 16.7 Å². The van der Waals surface area contributed by atoms with Crippen LogP contribution in [0.3, 0.4) is 0 Å². The van der Waals surface area contributed by atoms with Gasteiger partial charge in [-0.15, -0.1) is 0 Å². The van der Waals surface area contributed by atoms with E-state index in [-0.39, 0.29) is 6.10 Å². The van der Waals surface area contributed by atoms with Gasteiger partial charge < -0.3 is 10.0 Å². The summed E-state index contributed by atoms with van der Waals surface area (Å²) in [5, 5.41) is 10.3. The quantitative estimate of drug-likeness (QED) is 0.885. The summed E-state index contributed by atoms with van der Waals surface area (Å²) < 4.78 is 0. The SMILES string of the molecule is CC(O)CCN1C=CC2=C(CCC=C2)c2ccc(Cl)cc21. The lowest BCUT2D eigenvalue weighted by Crippen LogP contribution is -2.21. The first-order chi connectivity index (χ1) is 10.1. The van der Waals surface area contributed by atoms with Crippen LogP contribution >= 0.6 is 11.6 Å². The fourth-order valence-electron chi connectivity index (χ4n) is 2.90. The van der Waals surface area contributed by atoms with Crippen molar-refractivity contribution < 1.29 is 5.11 Å². The van der Waals surface area contributed by atoms with Crippen molar-refractivity contribution >= 4 is 22.9 Å². The summed E-state index contributed by atoms with van der Waals surface area (Å²) in [6.45, 7) is 2.61. The molecule has 1 aliphatic carbocycles. The zero-order chi connectivity index (χ0) is 14.8. The van der Waals surface area contributed by atoms with Crippen molar-refractivity contribution in [3.63, 3.8) is 0 Å². The van der Waals surface area contributed by atoms with E-state index in [9.17, 15) is 5.11 Å². The zero-order valence-corrected chi connectivity index (χ0v) is 13.0. The summed E-state index contributed by atoms with van der Waals surface area (Å²) in [4.78, 5) is 2.19. The molecule has 0 spiro atoms. The number of anilines is 1. The first kappa shape index (κ1) is 14.4. The fourth-order valence-corrected chi connectivity index (χ4v) is 3.06. The molecule has 1 aromatic carbocycles. The van der Waals surface area contributed by atoms with Crippen LogP contribution in [0.25, 0.3) is 5.57 Å². The van der Waals surface area contributed by atoms with Gasteiger partial charge in [0.25, 0.3) is 0 Å². The number of benzene rings is 1. The number of hydrogen-bond acceptors (Lipinski definition) is 2. The monoisotopic (exact) mass is 301 g/mol. The smallest absolute Gasteiger partial charge is 0.0529 e. The molecule has 0 fully saturated rings. The number of allylic oxidation sites excluding steroid dienone is 5. The Morgan fingerprint density at radius 1 is 1.33 bits per heavy atom. The van der Waals surface area contributed by atoms with Crippen LogP contribution < -0.4 is 4.90 Å². The third kappa shape index (κ3) is 3.07. The molecule has 2 nitrogen and oxygen atoms in total. The van der Waals surface area contributed by atoms with E-state index < -0.39 is 0 Å². The number of aliphatic hydroxyl groups excluding tert-OH is 1. The highest BCUT2D eigenvalue weighted by atomic mass is 35.5. The highest BCUT2D eigenvalue weighted by Crippen LogP contribution is 2.39. The molecule has 110 valence electrons. The second kappa shape index (κ2) is 6.08. The Labute approximate surface area is 131 Å². The highest BCUT2D eigenvalue weighted by Gasteiger charge is 2.19.